The predicted molar refractivity (Wildman–Crippen MR) is 69.7 cm³/mol. The molecule has 0 spiro atoms. The summed E-state index contributed by atoms with van der Waals surface area (Å²) in [5.41, 5.74) is 0.103. The van der Waals surface area contributed by atoms with Crippen LogP contribution in [0.15, 0.2) is 24.3 Å². The van der Waals surface area contributed by atoms with E-state index in [0.717, 1.165) is 12.1 Å². The largest absolute Gasteiger partial charge is 0.541 e. The van der Waals surface area contributed by atoms with Gasteiger partial charge in [-0.3, -0.25) is 4.79 Å². The molecule has 6 nitrogen and oxygen atoms in total. The fourth-order valence-electron chi connectivity index (χ4n) is 2.10. The van der Waals surface area contributed by atoms with Crippen LogP contribution >= 0.6 is 0 Å². The van der Waals surface area contributed by atoms with Crippen molar-refractivity contribution in [2.45, 2.75) is 37.9 Å². The Balaban J connectivity index is 1.95. The Morgan fingerprint density at radius 2 is 1.70 bits per heavy atom. The maximum Gasteiger partial charge on any atom is 0.441 e. The number of Topliss-reactive ketones (excluding diaryl/α,β-unsaturated/α-hetero) is 1. The smallest absolute Gasteiger partial charge is 0.441 e. The normalized spacial score (nSPS) is 16.0. The van der Waals surface area contributed by atoms with Gasteiger partial charge in [0.2, 0.25) is 0 Å². The molecule has 1 aromatic rings. The number of benzene rings is 1. The van der Waals surface area contributed by atoms with Gasteiger partial charge in [0.1, 0.15) is 17.6 Å². The van der Waals surface area contributed by atoms with Gasteiger partial charge in [0.25, 0.3) is 0 Å². The highest BCUT2D eigenvalue weighted by Gasteiger charge is 2.34. The molecule has 0 amide bonds. The summed E-state index contributed by atoms with van der Waals surface area (Å²) in [5.74, 6) is -3.61. The number of ether oxygens (including phenoxy) is 2. The Kier molecular flexibility index (Phi) is 4.92. The van der Waals surface area contributed by atoms with Crippen molar-refractivity contribution in [2.75, 3.05) is 0 Å². The van der Waals surface area contributed by atoms with Crippen molar-refractivity contribution in [1.82, 2.24) is 0 Å². The number of aliphatic carboxylic acids is 1. The molecule has 0 atom stereocenters. The third-order valence-electron chi connectivity index (χ3n) is 3.34. The van der Waals surface area contributed by atoms with Gasteiger partial charge in [-0.1, -0.05) is 0 Å². The van der Waals surface area contributed by atoms with Gasteiger partial charge in [-0.25, -0.2) is 4.79 Å². The first-order chi connectivity index (χ1) is 10.8. The third-order valence-corrected chi connectivity index (χ3v) is 3.34. The molecule has 0 aliphatic heterocycles. The van der Waals surface area contributed by atoms with Gasteiger partial charge < -0.3 is 19.4 Å². The molecule has 1 aromatic carbocycles. The molecule has 0 unspecified atom stereocenters. The zero-order valence-electron chi connectivity index (χ0n) is 11.9. The predicted octanol–water partition coefficient (Wildman–Crippen LogP) is 1.08. The number of ketones is 1. The Morgan fingerprint density at radius 3 is 2.22 bits per heavy atom. The minimum atomic E-state index is -4.46. The summed E-state index contributed by atoms with van der Waals surface area (Å²) < 4.78 is 34.9. The molecule has 0 heterocycles. The van der Waals surface area contributed by atoms with Crippen LogP contribution in [0.1, 0.15) is 36.0 Å². The molecule has 2 rings (SSSR count). The molecule has 0 saturated heterocycles. The molecular weight excluding hydrogens is 314 g/mol. The lowest BCUT2D eigenvalue weighted by atomic mass is 9.96. The van der Waals surface area contributed by atoms with Gasteiger partial charge in [-0.15, -0.1) is 0 Å². The summed E-state index contributed by atoms with van der Waals surface area (Å²) in [4.78, 5) is 33.2. The Labute approximate surface area is 130 Å². The first kappa shape index (κ1) is 16.9. The lowest BCUT2D eigenvalue weighted by molar-refractivity contribution is -0.350. The number of carboxylic acids is 1. The molecular formula is C15H13F2O6-. The molecule has 1 aliphatic carbocycles. The third kappa shape index (κ3) is 4.48. The zero-order valence-corrected chi connectivity index (χ0v) is 11.9. The van der Waals surface area contributed by atoms with Gasteiger partial charge in [0.15, 0.2) is 5.97 Å². The lowest BCUT2D eigenvalue weighted by Gasteiger charge is -2.21. The fourth-order valence-corrected chi connectivity index (χ4v) is 2.10. The standard InChI is InChI=1S/C15H14F2O6/c16-15(17,14(20)21)23-12-5-1-9(2-6-12)13(19)22-11-7-3-10(18)4-8-11/h1-2,5-6,11H,3-4,7-8H2,(H,20,21)/p-1. The van der Waals surface area contributed by atoms with Crippen molar-refractivity contribution in [1.29, 1.82) is 0 Å². The number of rotatable bonds is 5. The molecule has 0 bridgehead atoms. The first-order valence-electron chi connectivity index (χ1n) is 6.89. The fraction of sp³-hybridized carbons (Fsp3) is 0.400. The number of hydrogen-bond acceptors (Lipinski definition) is 6. The number of carboxylic acid groups (broad SMARTS) is 1. The van der Waals surface area contributed by atoms with E-state index in [9.17, 15) is 28.3 Å². The first-order valence-corrected chi connectivity index (χ1v) is 6.89. The van der Waals surface area contributed by atoms with E-state index in [0.29, 0.717) is 25.7 Å². The summed E-state index contributed by atoms with van der Waals surface area (Å²) in [6, 6.07) is 4.41. The summed E-state index contributed by atoms with van der Waals surface area (Å²) in [7, 11) is 0. The Morgan fingerprint density at radius 1 is 1.13 bits per heavy atom. The summed E-state index contributed by atoms with van der Waals surface area (Å²) in [5, 5.41) is 10.2. The molecule has 0 radical (unpaired) electrons. The van der Waals surface area contributed by atoms with E-state index in [2.05, 4.69) is 4.74 Å². The van der Waals surface area contributed by atoms with Crippen molar-refractivity contribution in [3.63, 3.8) is 0 Å². The van der Waals surface area contributed by atoms with Crippen LogP contribution in [-0.4, -0.2) is 29.9 Å². The van der Waals surface area contributed by atoms with Crippen LogP contribution in [0.5, 0.6) is 5.75 Å². The van der Waals surface area contributed by atoms with E-state index in [4.69, 9.17) is 4.74 Å². The van der Waals surface area contributed by atoms with Gasteiger partial charge in [-0.2, -0.15) is 8.78 Å². The SMILES string of the molecule is O=C1CCC(OC(=O)c2ccc(OC(F)(F)C(=O)[O-])cc2)CC1. The highest BCUT2D eigenvalue weighted by Crippen LogP contribution is 2.23. The second-order valence-electron chi connectivity index (χ2n) is 5.07. The second kappa shape index (κ2) is 6.72. The molecule has 1 aliphatic rings. The van der Waals surface area contributed by atoms with Crippen molar-refractivity contribution >= 4 is 17.7 Å². The van der Waals surface area contributed by atoms with E-state index in [1.807, 2.05) is 0 Å². The number of halogens is 2. The van der Waals surface area contributed by atoms with Gasteiger partial charge >= 0.3 is 12.1 Å². The van der Waals surface area contributed by atoms with Crippen molar-refractivity contribution in [3.05, 3.63) is 29.8 Å². The van der Waals surface area contributed by atoms with Gasteiger partial charge in [0.05, 0.1) is 5.56 Å². The summed E-state index contributed by atoms with van der Waals surface area (Å²) in [6.07, 6.45) is -3.16. The van der Waals surface area contributed by atoms with E-state index in [1.165, 1.54) is 12.1 Å². The zero-order chi connectivity index (χ0) is 17.0. The molecule has 1 fully saturated rings. The van der Waals surface area contributed by atoms with E-state index >= 15 is 0 Å². The minimum absolute atomic E-state index is 0.103. The van der Waals surface area contributed by atoms with E-state index in [1.54, 1.807) is 0 Å². The van der Waals surface area contributed by atoms with Gasteiger partial charge in [-0.05, 0) is 37.1 Å². The van der Waals surface area contributed by atoms with Crippen LogP contribution in [0.3, 0.4) is 0 Å². The maximum absolute atomic E-state index is 12.8. The number of carbonyl (C=O) groups is 3. The monoisotopic (exact) mass is 327 g/mol. The molecule has 0 aromatic heterocycles. The van der Waals surface area contributed by atoms with Crippen molar-refractivity contribution < 1.29 is 37.7 Å². The second-order valence-corrected chi connectivity index (χ2v) is 5.07. The number of alkyl halides is 2. The molecule has 8 heteroatoms. The van der Waals surface area contributed by atoms with Crippen LogP contribution in [-0.2, 0) is 14.3 Å². The topological polar surface area (TPSA) is 92.7 Å². The van der Waals surface area contributed by atoms with Gasteiger partial charge in [0, 0.05) is 12.8 Å². The number of hydrogen-bond donors (Lipinski definition) is 0. The maximum atomic E-state index is 12.8. The molecule has 124 valence electrons. The van der Waals surface area contributed by atoms with Crippen LogP contribution < -0.4 is 9.84 Å². The molecule has 1 saturated carbocycles. The average molecular weight is 327 g/mol. The molecule has 0 N–H and O–H groups in total. The lowest BCUT2D eigenvalue weighted by Crippen LogP contribution is -2.45. The Bertz CT molecular complexity index is 601. The summed E-state index contributed by atoms with van der Waals surface area (Å²) >= 11 is 0. The minimum Gasteiger partial charge on any atom is -0.541 e. The highest BCUT2D eigenvalue weighted by molar-refractivity contribution is 5.89. The van der Waals surface area contributed by atoms with E-state index in [-0.39, 0.29) is 17.5 Å². The average Bonchev–Trinajstić information content (AvgIpc) is 2.49. The summed E-state index contributed by atoms with van der Waals surface area (Å²) in [6.45, 7) is 0. The van der Waals surface area contributed by atoms with Crippen molar-refractivity contribution in [2.24, 2.45) is 0 Å². The van der Waals surface area contributed by atoms with Crippen LogP contribution in [0.25, 0.3) is 0 Å². The number of carbonyl (C=O) groups excluding carboxylic acids is 3. The van der Waals surface area contributed by atoms with E-state index < -0.39 is 23.8 Å². The van der Waals surface area contributed by atoms with Crippen LogP contribution in [0.4, 0.5) is 8.78 Å². The highest BCUT2D eigenvalue weighted by atomic mass is 19.3. The number of esters is 1. The molecule has 23 heavy (non-hydrogen) atoms. The Hall–Kier alpha value is -2.51. The van der Waals surface area contributed by atoms with Crippen molar-refractivity contribution in [3.8, 4) is 5.75 Å². The van der Waals surface area contributed by atoms with Crippen LogP contribution in [0.2, 0.25) is 0 Å². The van der Waals surface area contributed by atoms with Crippen LogP contribution in [0, 0.1) is 0 Å². The quantitative estimate of drug-likeness (QED) is 0.751.